The minimum atomic E-state index is -0.453. The number of primary amides is 1. The van der Waals surface area contributed by atoms with Crippen LogP contribution in [0.15, 0.2) is 22.7 Å². The molecule has 0 aromatic heterocycles. The number of halogens is 2. The van der Waals surface area contributed by atoms with Gasteiger partial charge in [0, 0.05) is 31.7 Å². The summed E-state index contributed by atoms with van der Waals surface area (Å²) in [6.07, 6.45) is 0.762. The van der Waals surface area contributed by atoms with Crippen molar-refractivity contribution in [3.05, 3.63) is 34.1 Å². The number of hydrogen-bond acceptors (Lipinski definition) is 3. The van der Waals surface area contributed by atoms with Gasteiger partial charge in [-0.2, -0.15) is 0 Å². The molecule has 0 unspecified atom stereocenters. The van der Waals surface area contributed by atoms with Crippen LogP contribution in [0.2, 0.25) is 0 Å². The zero-order valence-electron chi connectivity index (χ0n) is 11.5. The number of nitrogens with zero attached hydrogens (tertiary/aromatic N) is 2. The van der Waals surface area contributed by atoms with Crippen molar-refractivity contribution in [2.75, 3.05) is 32.7 Å². The molecule has 0 radical (unpaired) electrons. The van der Waals surface area contributed by atoms with Crippen LogP contribution in [0.3, 0.4) is 0 Å². The first-order chi connectivity index (χ1) is 9.97. The number of amides is 2. The summed E-state index contributed by atoms with van der Waals surface area (Å²) in [4.78, 5) is 26.9. The van der Waals surface area contributed by atoms with Gasteiger partial charge in [-0.3, -0.25) is 14.5 Å². The topological polar surface area (TPSA) is 66.6 Å². The Morgan fingerprint density at radius 1 is 1.24 bits per heavy atom. The van der Waals surface area contributed by atoms with Gasteiger partial charge < -0.3 is 10.6 Å². The molecule has 0 aliphatic carbocycles. The van der Waals surface area contributed by atoms with E-state index in [0.717, 1.165) is 13.0 Å². The predicted octanol–water partition coefficient (Wildman–Crippen LogP) is 1.22. The molecule has 0 saturated carbocycles. The van der Waals surface area contributed by atoms with Crippen LogP contribution in [0.1, 0.15) is 16.8 Å². The highest BCUT2D eigenvalue weighted by molar-refractivity contribution is 9.10. The van der Waals surface area contributed by atoms with E-state index in [0.29, 0.717) is 29.7 Å². The third kappa shape index (κ3) is 4.25. The maximum absolute atomic E-state index is 13.5. The second kappa shape index (κ2) is 7.00. The van der Waals surface area contributed by atoms with Crippen molar-refractivity contribution < 1.29 is 14.0 Å². The summed E-state index contributed by atoms with van der Waals surface area (Å²) in [7, 11) is 0. The lowest BCUT2D eigenvalue weighted by Crippen LogP contribution is -2.38. The number of nitrogens with two attached hydrogens (primary N) is 1. The second-order valence-electron chi connectivity index (χ2n) is 5.02. The lowest BCUT2D eigenvalue weighted by atomic mass is 10.2. The van der Waals surface area contributed by atoms with E-state index < -0.39 is 5.82 Å². The number of hydrogen-bond donors (Lipinski definition) is 1. The summed E-state index contributed by atoms with van der Waals surface area (Å²) < 4.78 is 13.9. The van der Waals surface area contributed by atoms with E-state index in [4.69, 9.17) is 5.73 Å². The Labute approximate surface area is 131 Å². The maximum Gasteiger partial charge on any atom is 0.254 e. The Morgan fingerprint density at radius 3 is 2.67 bits per heavy atom. The molecule has 1 saturated heterocycles. The number of carbonyl (C=O) groups is 2. The first kappa shape index (κ1) is 15.9. The van der Waals surface area contributed by atoms with Crippen LogP contribution in [0, 0.1) is 5.82 Å². The first-order valence-corrected chi connectivity index (χ1v) is 7.51. The fourth-order valence-corrected chi connectivity index (χ4v) is 2.61. The van der Waals surface area contributed by atoms with E-state index in [-0.39, 0.29) is 18.4 Å². The average Bonchev–Trinajstić information content (AvgIpc) is 2.66. The predicted molar refractivity (Wildman–Crippen MR) is 80.3 cm³/mol. The van der Waals surface area contributed by atoms with Crippen LogP contribution >= 0.6 is 15.9 Å². The van der Waals surface area contributed by atoms with Crippen molar-refractivity contribution in [1.29, 1.82) is 0 Å². The first-order valence-electron chi connectivity index (χ1n) is 6.72. The fourth-order valence-electron chi connectivity index (χ4n) is 2.36. The normalized spacial score (nSPS) is 16.6. The maximum atomic E-state index is 13.5. The van der Waals surface area contributed by atoms with Crippen molar-refractivity contribution >= 4 is 27.7 Å². The molecule has 1 aromatic carbocycles. The lowest BCUT2D eigenvalue weighted by Gasteiger charge is -2.21. The van der Waals surface area contributed by atoms with Gasteiger partial charge in [-0.25, -0.2) is 4.39 Å². The molecule has 5 nitrogen and oxygen atoms in total. The number of rotatable bonds is 3. The Balaban J connectivity index is 2.02. The van der Waals surface area contributed by atoms with E-state index >= 15 is 0 Å². The van der Waals surface area contributed by atoms with Gasteiger partial charge in [0.2, 0.25) is 5.91 Å². The van der Waals surface area contributed by atoms with Crippen LogP contribution in [0.4, 0.5) is 4.39 Å². The molecule has 0 spiro atoms. The molecule has 2 N–H and O–H groups in total. The summed E-state index contributed by atoms with van der Waals surface area (Å²) in [6, 6.07) is 4.36. The molecule has 21 heavy (non-hydrogen) atoms. The second-order valence-corrected chi connectivity index (χ2v) is 5.87. The van der Waals surface area contributed by atoms with Gasteiger partial charge in [0.15, 0.2) is 0 Å². The molecular weight excluding hydrogens is 341 g/mol. The third-order valence-corrected chi connectivity index (χ3v) is 4.06. The highest BCUT2D eigenvalue weighted by Crippen LogP contribution is 2.18. The van der Waals surface area contributed by atoms with Gasteiger partial charge in [0.1, 0.15) is 5.82 Å². The van der Waals surface area contributed by atoms with Crippen molar-refractivity contribution in [2.24, 2.45) is 5.73 Å². The van der Waals surface area contributed by atoms with Crippen LogP contribution in [0.25, 0.3) is 0 Å². The van der Waals surface area contributed by atoms with E-state index in [1.807, 2.05) is 4.90 Å². The van der Waals surface area contributed by atoms with E-state index in [1.165, 1.54) is 12.1 Å². The molecule has 2 amide bonds. The molecule has 1 fully saturated rings. The average molecular weight is 358 g/mol. The summed E-state index contributed by atoms with van der Waals surface area (Å²) in [5.41, 5.74) is 5.52. The van der Waals surface area contributed by atoms with E-state index in [9.17, 15) is 14.0 Å². The van der Waals surface area contributed by atoms with Crippen molar-refractivity contribution in [2.45, 2.75) is 6.42 Å². The summed E-state index contributed by atoms with van der Waals surface area (Å²) in [5, 5.41) is 0. The van der Waals surface area contributed by atoms with Crippen molar-refractivity contribution in [3.63, 3.8) is 0 Å². The standard InChI is InChI=1S/C14H17BrFN3O2/c15-11-3-2-10(8-12(11)16)14(21)19-5-1-4-18(6-7-19)9-13(17)20/h2-3,8H,1,4-7,9H2,(H2,17,20). The molecule has 1 heterocycles. The van der Waals surface area contributed by atoms with Gasteiger partial charge in [-0.15, -0.1) is 0 Å². The van der Waals surface area contributed by atoms with Crippen LogP contribution < -0.4 is 5.73 Å². The smallest absolute Gasteiger partial charge is 0.254 e. The van der Waals surface area contributed by atoms with Crippen molar-refractivity contribution in [1.82, 2.24) is 9.80 Å². The Hall–Kier alpha value is -1.47. The van der Waals surface area contributed by atoms with Gasteiger partial charge in [0.25, 0.3) is 5.91 Å². The Morgan fingerprint density at radius 2 is 2.00 bits per heavy atom. The van der Waals surface area contributed by atoms with Crippen LogP contribution in [0.5, 0.6) is 0 Å². The third-order valence-electron chi connectivity index (χ3n) is 3.42. The SMILES string of the molecule is NC(=O)CN1CCCN(C(=O)c2ccc(Br)c(F)c2)CC1. The summed E-state index contributed by atoms with van der Waals surface area (Å²) in [6.45, 7) is 2.61. The number of carbonyl (C=O) groups excluding carboxylic acids is 2. The van der Waals surface area contributed by atoms with E-state index in [2.05, 4.69) is 15.9 Å². The molecule has 1 aliphatic rings. The Kier molecular flexibility index (Phi) is 5.30. The van der Waals surface area contributed by atoms with Gasteiger partial charge in [-0.05, 0) is 40.5 Å². The van der Waals surface area contributed by atoms with Crippen LogP contribution in [-0.2, 0) is 4.79 Å². The highest BCUT2D eigenvalue weighted by Gasteiger charge is 2.21. The molecular formula is C14H17BrFN3O2. The monoisotopic (exact) mass is 357 g/mol. The quantitative estimate of drug-likeness (QED) is 0.884. The molecule has 1 aliphatic heterocycles. The summed E-state index contributed by atoms with van der Waals surface area (Å²) in [5.74, 6) is -1.02. The minimum Gasteiger partial charge on any atom is -0.369 e. The molecule has 114 valence electrons. The van der Waals surface area contributed by atoms with Crippen LogP contribution in [-0.4, -0.2) is 54.3 Å². The largest absolute Gasteiger partial charge is 0.369 e. The van der Waals surface area contributed by atoms with Gasteiger partial charge in [0.05, 0.1) is 11.0 Å². The minimum absolute atomic E-state index is 0.192. The van der Waals surface area contributed by atoms with Crippen molar-refractivity contribution in [3.8, 4) is 0 Å². The van der Waals surface area contributed by atoms with Gasteiger partial charge in [-0.1, -0.05) is 0 Å². The molecule has 1 aromatic rings. The zero-order valence-corrected chi connectivity index (χ0v) is 13.1. The molecule has 0 bridgehead atoms. The lowest BCUT2D eigenvalue weighted by molar-refractivity contribution is -0.119. The molecule has 0 atom stereocenters. The summed E-state index contributed by atoms with van der Waals surface area (Å²) >= 11 is 3.07. The Bertz CT molecular complexity index is 553. The van der Waals surface area contributed by atoms with E-state index in [1.54, 1.807) is 11.0 Å². The number of benzene rings is 1. The fraction of sp³-hybridized carbons (Fsp3) is 0.429. The van der Waals surface area contributed by atoms with Gasteiger partial charge >= 0.3 is 0 Å². The zero-order chi connectivity index (χ0) is 15.4. The molecule has 7 heteroatoms. The highest BCUT2D eigenvalue weighted by atomic mass is 79.9. The molecule has 2 rings (SSSR count).